The average molecular weight is 359 g/mol. The fourth-order valence-corrected chi connectivity index (χ4v) is 2.48. The minimum absolute atomic E-state index is 0.272. The van der Waals surface area contributed by atoms with Gasteiger partial charge >= 0.3 is 0 Å². The molecule has 0 radical (unpaired) electrons. The standard InChI is InChI=1S/C20H26FN3O2/c1-22-20(23-13-3-4-16-5-9-18(25)10-6-16)24(2)14-15-26-19-11-7-17(21)8-12-19/h5-12,25H,3-4,13-15H2,1-2H3,(H,22,23). The van der Waals surface area contributed by atoms with Crippen LogP contribution in [0.25, 0.3) is 0 Å². The molecule has 0 bridgehead atoms. The van der Waals surface area contributed by atoms with E-state index in [1.807, 2.05) is 24.1 Å². The molecule has 0 amide bonds. The molecule has 140 valence electrons. The Bertz CT molecular complexity index is 687. The Morgan fingerprint density at radius 1 is 1.15 bits per heavy atom. The van der Waals surface area contributed by atoms with E-state index in [0.29, 0.717) is 18.9 Å². The van der Waals surface area contributed by atoms with E-state index in [4.69, 9.17) is 4.74 Å². The van der Waals surface area contributed by atoms with Gasteiger partial charge in [-0.3, -0.25) is 4.99 Å². The molecular weight excluding hydrogens is 333 g/mol. The SMILES string of the molecule is CN=C(NCCCc1ccc(O)cc1)N(C)CCOc1ccc(F)cc1. The van der Waals surface area contributed by atoms with Crippen molar-refractivity contribution in [2.75, 3.05) is 33.8 Å². The molecule has 2 rings (SSSR count). The molecule has 0 fully saturated rings. The van der Waals surface area contributed by atoms with Crippen LogP contribution in [0.4, 0.5) is 4.39 Å². The van der Waals surface area contributed by atoms with Gasteiger partial charge in [-0.15, -0.1) is 0 Å². The van der Waals surface area contributed by atoms with Gasteiger partial charge in [-0.05, 0) is 54.8 Å². The van der Waals surface area contributed by atoms with Crippen molar-refractivity contribution in [2.24, 2.45) is 4.99 Å². The highest BCUT2D eigenvalue weighted by molar-refractivity contribution is 5.79. The minimum atomic E-state index is -0.272. The number of aliphatic imine (C=N–C) groups is 1. The van der Waals surface area contributed by atoms with Gasteiger partial charge in [-0.25, -0.2) is 4.39 Å². The van der Waals surface area contributed by atoms with Crippen LogP contribution in [0.2, 0.25) is 0 Å². The molecule has 0 aliphatic rings. The Hall–Kier alpha value is -2.76. The molecule has 0 unspecified atom stereocenters. The Morgan fingerprint density at radius 3 is 2.50 bits per heavy atom. The highest BCUT2D eigenvalue weighted by Gasteiger charge is 2.05. The number of likely N-dealkylation sites (N-methyl/N-ethyl adjacent to an activating group) is 1. The summed E-state index contributed by atoms with van der Waals surface area (Å²) in [5, 5.41) is 12.6. The van der Waals surface area contributed by atoms with Crippen LogP contribution >= 0.6 is 0 Å². The molecule has 0 saturated carbocycles. The molecule has 0 aliphatic heterocycles. The Kier molecular flexibility index (Phi) is 7.74. The summed E-state index contributed by atoms with van der Waals surface area (Å²) in [6, 6.07) is 13.3. The molecule has 0 heterocycles. The summed E-state index contributed by atoms with van der Waals surface area (Å²) in [5.41, 5.74) is 1.20. The Labute approximate surface area is 154 Å². The summed E-state index contributed by atoms with van der Waals surface area (Å²) in [6.45, 7) is 1.95. The molecule has 0 spiro atoms. The first-order chi connectivity index (χ1) is 12.6. The number of phenolic OH excluding ortho intramolecular Hbond substituents is 1. The van der Waals surface area contributed by atoms with Crippen LogP contribution in [0, 0.1) is 5.82 Å². The number of aryl methyl sites for hydroxylation is 1. The molecule has 0 atom stereocenters. The van der Waals surface area contributed by atoms with Crippen molar-refractivity contribution in [3.8, 4) is 11.5 Å². The largest absolute Gasteiger partial charge is 0.508 e. The monoisotopic (exact) mass is 359 g/mol. The number of nitrogens with zero attached hydrogens (tertiary/aromatic N) is 2. The Morgan fingerprint density at radius 2 is 1.85 bits per heavy atom. The molecule has 0 aliphatic carbocycles. The number of rotatable bonds is 8. The first kappa shape index (κ1) is 19.6. The van der Waals surface area contributed by atoms with E-state index in [0.717, 1.165) is 25.3 Å². The molecule has 6 heteroatoms. The van der Waals surface area contributed by atoms with Crippen LogP contribution in [-0.4, -0.2) is 49.8 Å². The quantitative estimate of drug-likeness (QED) is 0.432. The van der Waals surface area contributed by atoms with Gasteiger partial charge in [0.1, 0.15) is 23.9 Å². The first-order valence-electron chi connectivity index (χ1n) is 8.66. The van der Waals surface area contributed by atoms with Crippen molar-refractivity contribution >= 4 is 5.96 Å². The van der Waals surface area contributed by atoms with E-state index >= 15 is 0 Å². The predicted molar refractivity (Wildman–Crippen MR) is 102 cm³/mol. The highest BCUT2D eigenvalue weighted by atomic mass is 19.1. The number of ether oxygens (including phenoxy) is 1. The van der Waals surface area contributed by atoms with E-state index in [1.165, 1.54) is 17.7 Å². The lowest BCUT2D eigenvalue weighted by Gasteiger charge is -2.22. The van der Waals surface area contributed by atoms with Crippen molar-refractivity contribution in [1.82, 2.24) is 10.2 Å². The lowest BCUT2D eigenvalue weighted by Crippen LogP contribution is -2.41. The van der Waals surface area contributed by atoms with Gasteiger partial charge in [0, 0.05) is 20.6 Å². The predicted octanol–water partition coefficient (Wildman–Crippen LogP) is 3.05. The Balaban J connectivity index is 1.66. The third-order valence-corrected chi connectivity index (χ3v) is 3.94. The molecule has 2 N–H and O–H groups in total. The zero-order valence-corrected chi connectivity index (χ0v) is 15.3. The summed E-state index contributed by atoms with van der Waals surface area (Å²) in [4.78, 5) is 6.26. The van der Waals surface area contributed by atoms with Crippen molar-refractivity contribution in [1.29, 1.82) is 0 Å². The lowest BCUT2D eigenvalue weighted by atomic mass is 10.1. The minimum Gasteiger partial charge on any atom is -0.508 e. The summed E-state index contributed by atoms with van der Waals surface area (Å²) >= 11 is 0. The maximum Gasteiger partial charge on any atom is 0.193 e. The molecule has 26 heavy (non-hydrogen) atoms. The van der Waals surface area contributed by atoms with Crippen molar-refractivity contribution in [3.05, 3.63) is 59.9 Å². The van der Waals surface area contributed by atoms with E-state index < -0.39 is 0 Å². The van der Waals surface area contributed by atoms with Gasteiger partial charge < -0.3 is 20.1 Å². The van der Waals surface area contributed by atoms with Crippen LogP contribution in [0.3, 0.4) is 0 Å². The highest BCUT2D eigenvalue weighted by Crippen LogP contribution is 2.11. The van der Waals surface area contributed by atoms with E-state index in [9.17, 15) is 9.50 Å². The number of hydrogen-bond acceptors (Lipinski definition) is 3. The van der Waals surface area contributed by atoms with Crippen LogP contribution in [0.15, 0.2) is 53.5 Å². The van der Waals surface area contributed by atoms with Gasteiger partial charge in [0.2, 0.25) is 0 Å². The first-order valence-corrected chi connectivity index (χ1v) is 8.66. The maximum atomic E-state index is 12.9. The number of phenols is 1. The van der Waals surface area contributed by atoms with E-state index in [2.05, 4.69) is 10.3 Å². The molecule has 0 aromatic heterocycles. The lowest BCUT2D eigenvalue weighted by molar-refractivity contribution is 0.281. The zero-order valence-electron chi connectivity index (χ0n) is 15.3. The topological polar surface area (TPSA) is 57.1 Å². The molecule has 2 aromatic rings. The van der Waals surface area contributed by atoms with Crippen molar-refractivity contribution < 1.29 is 14.2 Å². The normalized spacial score (nSPS) is 11.3. The number of nitrogens with one attached hydrogen (secondary N) is 1. The van der Waals surface area contributed by atoms with Crippen LogP contribution in [-0.2, 0) is 6.42 Å². The molecule has 2 aromatic carbocycles. The third-order valence-electron chi connectivity index (χ3n) is 3.94. The van der Waals surface area contributed by atoms with E-state index in [-0.39, 0.29) is 11.6 Å². The van der Waals surface area contributed by atoms with Gasteiger partial charge in [-0.2, -0.15) is 0 Å². The van der Waals surface area contributed by atoms with Gasteiger partial charge in [0.05, 0.1) is 6.54 Å². The summed E-state index contributed by atoms with van der Waals surface area (Å²) in [6.07, 6.45) is 1.89. The van der Waals surface area contributed by atoms with Crippen LogP contribution in [0.1, 0.15) is 12.0 Å². The third kappa shape index (κ3) is 6.63. The van der Waals surface area contributed by atoms with Gasteiger partial charge in [0.25, 0.3) is 0 Å². The summed E-state index contributed by atoms with van der Waals surface area (Å²) < 4.78 is 18.5. The second-order valence-electron chi connectivity index (χ2n) is 5.97. The number of guanidine groups is 1. The number of aromatic hydroxyl groups is 1. The molecular formula is C20H26FN3O2. The van der Waals surface area contributed by atoms with Crippen LogP contribution in [0.5, 0.6) is 11.5 Å². The second-order valence-corrected chi connectivity index (χ2v) is 5.97. The maximum absolute atomic E-state index is 12.9. The number of hydrogen-bond donors (Lipinski definition) is 2. The second kappa shape index (κ2) is 10.3. The smallest absolute Gasteiger partial charge is 0.193 e. The van der Waals surface area contributed by atoms with Crippen molar-refractivity contribution in [2.45, 2.75) is 12.8 Å². The molecule has 5 nitrogen and oxygen atoms in total. The average Bonchev–Trinajstić information content (AvgIpc) is 2.65. The summed E-state index contributed by atoms with van der Waals surface area (Å²) in [5.74, 6) is 1.47. The van der Waals surface area contributed by atoms with Gasteiger partial charge in [0.15, 0.2) is 5.96 Å². The van der Waals surface area contributed by atoms with Crippen LogP contribution < -0.4 is 10.1 Å². The fourth-order valence-electron chi connectivity index (χ4n) is 2.48. The molecule has 0 saturated heterocycles. The fraction of sp³-hybridized carbons (Fsp3) is 0.350. The van der Waals surface area contributed by atoms with Crippen molar-refractivity contribution in [3.63, 3.8) is 0 Å². The number of halogens is 1. The zero-order chi connectivity index (χ0) is 18.8. The summed E-state index contributed by atoms with van der Waals surface area (Å²) in [7, 11) is 3.70. The number of benzene rings is 2. The van der Waals surface area contributed by atoms with E-state index in [1.54, 1.807) is 31.3 Å². The van der Waals surface area contributed by atoms with Gasteiger partial charge in [-0.1, -0.05) is 12.1 Å².